The second kappa shape index (κ2) is 6.36. The average Bonchev–Trinajstić information content (AvgIpc) is 2.59. The van der Waals surface area contributed by atoms with Crippen LogP contribution in [0.1, 0.15) is 33.1 Å². The normalized spacial score (nSPS) is 26.5. The highest BCUT2D eigenvalue weighted by Gasteiger charge is 2.27. The fourth-order valence-electron chi connectivity index (χ4n) is 2.32. The maximum absolute atomic E-state index is 11.7. The molecule has 2 unspecified atom stereocenters. The number of halogens is 1. The van der Waals surface area contributed by atoms with Crippen LogP contribution in [0.4, 0.5) is 0 Å². The molecule has 2 atom stereocenters. The molecule has 3 nitrogen and oxygen atoms in total. The molecule has 16 heavy (non-hydrogen) atoms. The van der Waals surface area contributed by atoms with Crippen LogP contribution < -0.4 is 4.72 Å². The summed E-state index contributed by atoms with van der Waals surface area (Å²) in [5.41, 5.74) is 0. The van der Waals surface area contributed by atoms with E-state index < -0.39 is 10.0 Å². The summed E-state index contributed by atoms with van der Waals surface area (Å²) >= 11 is 3.50. The van der Waals surface area contributed by atoms with Crippen molar-refractivity contribution in [3.8, 4) is 0 Å². The summed E-state index contributed by atoms with van der Waals surface area (Å²) in [4.78, 5) is 0. The lowest BCUT2D eigenvalue weighted by molar-refractivity contribution is 0.421. The molecule has 1 aliphatic carbocycles. The first-order chi connectivity index (χ1) is 7.44. The maximum Gasteiger partial charge on any atom is 0.211 e. The standard InChI is InChI=1S/C11H22BrNO2S/c1-9(2)8-16(14,15)13-7-11-5-3-4-10(11)6-12/h9-11,13H,3-8H2,1-2H3. The van der Waals surface area contributed by atoms with Crippen LogP contribution in [0.2, 0.25) is 0 Å². The van der Waals surface area contributed by atoms with Crippen LogP contribution in [0, 0.1) is 17.8 Å². The van der Waals surface area contributed by atoms with Gasteiger partial charge in [-0.05, 0) is 30.6 Å². The molecule has 1 rings (SSSR count). The van der Waals surface area contributed by atoms with E-state index in [1.54, 1.807) is 0 Å². The van der Waals surface area contributed by atoms with E-state index in [1.807, 2.05) is 13.8 Å². The van der Waals surface area contributed by atoms with Gasteiger partial charge in [-0.1, -0.05) is 36.2 Å². The molecule has 0 bridgehead atoms. The SMILES string of the molecule is CC(C)CS(=O)(=O)NCC1CCCC1CBr. The molecule has 1 fully saturated rings. The lowest BCUT2D eigenvalue weighted by Gasteiger charge is -2.18. The summed E-state index contributed by atoms with van der Waals surface area (Å²) in [5.74, 6) is 1.58. The first kappa shape index (κ1) is 14.5. The molecule has 0 aromatic carbocycles. The Morgan fingerprint density at radius 2 is 1.94 bits per heavy atom. The van der Waals surface area contributed by atoms with Crippen molar-refractivity contribution in [1.82, 2.24) is 4.72 Å². The second-order valence-electron chi connectivity index (χ2n) is 5.13. The summed E-state index contributed by atoms with van der Waals surface area (Å²) in [6.45, 7) is 4.47. The van der Waals surface area contributed by atoms with Crippen molar-refractivity contribution in [3.05, 3.63) is 0 Å². The molecule has 5 heteroatoms. The molecule has 1 saturated carbocycles. The molecule has 0 saturated heterocycles. The van der Waals surface area contributed by atoms with E-state index in [0.29, 0.717) is 18.4 Å². The minimum Gasteiger partial charge on any atom is -0.215 e. The number of nitrogens with one attached hydrogen (secondary N) is 1. The summed E-state index contributed by atoms with van der Waals surface area (Å²) in [7, 11) is -3.07. The lowest BCUT2D eigenvalue weighted by atomic mass is 9.99. The zero-order valence-corrected chi connectivity index (χ0v) is 12.5. The Bertz CT molecular complexity index is 303. The summed E-state index contributed by atoms with van der Waals surface area (Å²) in [6.07, 6.45) is 3.61. The zero-order valence-electron chi connectivity index (χ0n) is 10.1. The smallest absolute Gasteiger partial charge is 0.211 e. The van der Waals surface area contributed by atoms with Gasteiger partial charge in [0.2, 0.25) is 10.0 Å². The molecule has 1 N–H and O–H groups in total. The number of hydrogen-bond acceptors (Lipinski definition) is 2. The molecule has 0 aliphatic heterocycles. The van der Waals surface area contributed by atoms with Crippen LogP contribution in [0.15, 0.2) is 0 Å². The molecule has 0 heterocycles. The van der Waals surface area contributed by atoms with E-state index in [1.165, 1.54) is 12.8 Å². The highest BCUT2D eigenvalue weighted by molar-refractivity contribution is 9.09. The van der Waals surface area contributed by atoms with Gasteiger partial charge in [-0.25, -0.2) is 13.1 Å². The van der Waals surface area contributed by atoms with Crippen molar-refractivity contribution in [1.29, 1.82) is 0 Å². The predicted molar refractivity (Wildman–Crippen MR) is 71.3 cm³/mol. The molecule has 0 aromatic rings. The molecule has 96 valence electrons. The van der Waals surface area contributed by atoms with E-state index >= 15 is 0 Å². The van der Waals surface area contributed by atoms with E-state index in [2.05, 4.69) is 20.7 Å². The predicted octanol–water partition coefficient (Wildman–Crippen LogP) is 2.37. The van der Waals surface area contributed by atoms with Gasteiger partial charge in [0.15, 0.2) is 0 Å². The van der Waals surface area contributed by atoms with Gasteiger partial charge in [0.25, 0.3) is 0 Å². The molecule has 0 radical (unpaired) electrons. The third-order valence-electron chi connectivity index (χ3n) is 3.13. The topological polar surface area (TPSA) is 46.2 Å². The highest BCUT2D eigenvalue weighted by atomic mass is 79.9. The molecule has 1 aliphatic rings. The Morgan fingerprint density at radius 3 is 2.50 bits per heavy atom. The maximum atomic E-state index is 11.7. The Kier molecular flexibility index (Phi) is 5.74. The van der Waals surface area contributed by atoms with Crippen LogP contribution in [-0.2, 0) is 10.0 Å². The van der Waals surface area contributed by atoms with Crippen molar-refractivity contribution in [2.24, 2.45) is 17.8 Å². The lowest BCUT2D eigenvalue weighted by Crippen LogP contribution is -2.34. The van der Waals surface area contributed by atoms with Gasteiger partial charge in [-0.3, -0.25) is 0 Å². The fraction of sp³-hybridized carbons (Fsp3) is 1.00. The summed E-state index contributed by atoms with van der Waals surface area (Å²) in [5, 5.41) is 0.990. The average molecular weight is 312 g/mol. The van der Waals surface area contributed by atoms with Gasteiger partial charge in [-0.15, -0.1) is 0 Å². The Morgan fingerprint density at radius 1 is 1.31 bits per heavy atom. The van der Waals surface area contributed by atoms with Gasteiger partial charge < -0.3 is 0 Å². The van der Waals surface area contributed by atoms with Gasteiger partial charge in [0.1, 0.15) is 0 Å². The molecular weight excluding hydrogens is 290 g/mol. The van der Waals surface area contributed by atoms with Crippen LogP contribution >= 0.6 is 15.9 Å². The third kappa shape index (κ3) is 4.72. The van der Waals surface area contributed by atoms with Crippen LogP contribution in [0.5, 0.6) is 0 Å². The first-order valence-corrected chi connectivity index (χ1v) is 8.75. The van der Waals surface area contributed by atoms with E-state index in [-0.39, 0.29) is 11.7 Å². The monoisotopic (exact) mass is 311 g/mol. The zero-order chi connectivity index (χ0) is 12.2. The minimum absolute atomic E-state index is 0.188. The van der Waals surface area contributed by atoms with Crippen molar-refractivity contribution >= 4 is 26.0 Å². The van der Waals surface area contributed by atoms with E-state index in [9.17, 15) is 8.42 Å². The summed E-state index contributed by atoms with van der Waals surface area (Å²) < 4.78 is 26.1. The number of hydrogen-bond donors (Lipinski definition) is 1. The summed E-state index contributed by atoms with van der Waals surface area (Å²) in [6, 6.07) is 0. The fourth-order valence-corrected chi connectivity index (χ4v) is 4.63. The van der Waals surface area contributed by atoms with Crippen molar-refractivity contribution in [3.63, 3.8) is 0 Å². The molecular formula is C11H22BrNO2S. The van der Waals surface area contributed by atoms with E-state index in [0.717, 1.165) is 11.8 Å². The van der Waals surface area contributed by atoms with Crippen molar-refractivity contribution in [2.75, 3.05) is 17.6 Å². The van der Waals surface area contributed by atoms with Gasteiger partial charge >= 0.3 is 0 Å². The van der Waals surface area contributed by atoms with Gasteiger partial charge in [-0.2, -0.15) is 0 Å². The largest absolute Gasteiger partial charge is 0.215 e. The molecule has 0 spiro atoms. The number of sulfonamides is 1. The van der Waals surface area contributed by atoms with Crippen LogP contribution in [-0.4, -0.2) is 26.0 Å². The number of alkyl halides is 1. The van der Waals surface area contributed by atoms with Crippen molar-refractivity contribution in [2.45, 2.75) is 33.1 Å². The van der Waals surface area contributed by atoms with Crippen LogP contribution in [0.3, 0.4) is 0 Å². The number of rotatable bonds is 6. The van der Waals surface area contributed by atoms with Gasteiger partial charge in [0, 0.05) is 11.9 Å². The Labute approximate surface area is 108 Å². The quantitative estimate of drug-likeness (QED) is 0.765. The third-order valence-corrected chi connectivity index (χ3v) is 5.68. The Balaban J connectivity index is 2.39. The molecule has 0 aromatic heterocycles. The van der Waals surface area contributed by atoms with Crippen molar-refractivity contribution < 1.29 is 8.42 Å². The minimum atomic E-state index is -3.07. The van der Waals surface area contributed by atoms with E-state index in [4.69, 9.17) is 0 Å². The van der Waals surface area contributed by atoms with Crippen LogP contribution in [0.25, 0.3) is 0 Å². The van der Waals surface area contributed by atoms with Gasteiger partial charge in [0.05, 0.1) is 5.75 Å². The Hall–Kier alpha value is 0.390. The molecule has 0 amide bonds. The highest BCUT2D eigenvalue weighted by Crippen LogP contribution is 2.32. The first-order valence-electron chi connectivity index (χ1n) is 5.98. The second-order valence-corrected chi connectivity index (χ2v) is 7.63.